The fraction of sp³-hybridized carbons (Fsp3) is 0.409. The van der Waals surface area contributed by atoms with Crippen molar-refractivity contribution in [1.82, 2.24) is 19.4 Å². The highest BCUT2D eigenvalue weighted by Gasteiger charge is 2.25. The molecular formula is C22H26N4O2. The van der Waals surface area contributed by atoms with Crippen LogP contribution in [0.1, 0.15) is 34.8 Å². The lowest BCUT2D eigenvalue weighted by molar-refractivity contribution is 0.0675. The Morgan fingerprint density at radius 1 is 1.18 bits per heavy atom. The minimum atomic E-state index is 0.0306. The minimum absolute atomic E-state index is 0.0306. The van der Waals surface area contributed by atoms with E-state index >= 15 is 0 Å². The molecule has 0 spiro atoms. The van der Waals surface area contributed by atoms with Crippen molar-refractivity contribution in [3.8, 4) is 0 Å². The lowest BCUT2D eigenvalue weighted by atomic mass is 9.96. The summed E-state index contributed by atoms with van der Waals surface area (Å²) in [5.74, 6) is 1.54. The van der Waals surface area contributed by atoms with Gasteiger partial charge in [-0.3, -0.25) is 4.79 Å². The van der Waals surface area contributed by atoms with E-state index in [1.165, 1.54) is 0 Å². The molecule has 28 heavy (non-hydrogen) atoms. The normalized spacial score (nSPS) is 15.3. The molecule has 1 fully saturated rings. The SMILES string of the molecule is COCc1ncc(C)n1CC1CCN(C(=O)c2ccc3ccccc3n2)CC1. The summed E-state index contributed by atoms with van der Waals surface area (Å²) < 4.78 is 7.50. The van der Waals surface area contributed by atoms with Crippen molar-refractivity contribution in [2.24, 2.45) is 5.92 Å². The van der Waals surface area contributed by atoms with Gasteiger partial charge >= 0.3 is 0 Å². The Morgan fingerprint density at radius 2 is 1.96 bits per heavy atom. The molecule has 0 saturated carbocycles. The van der Waals surface area contributed by atoms with E-state index in [0.29, 0.717) is 18.2 Å². The van der Waals surface area contributed by atoms with Gasteiger partial charge in [0.25, 0.3) is 5.91 Å². The van der Waals surface area contributed by atoms with Gasteiger partial charge in [0, 0.05) is 44.0 Å². The summed E-state index contributed by atoms with van der Waals surface area (Å²) in [4.78, 5) is 23.8. The molecule has 1 amide bonds. The first kappa shape index (κ1) is 18.6. The Balaban J connectivity index is 1.39. The molecule has 1 aliphatic rings. The molecule has 0 aliphatic carbocycles. The molecule has 0 N–H and O–H groups in total. The zero-order valence-electron chi connectivity index (χ0n) is 16.5. The zero-order valence-corrected chi connectivity index (χ0v) is 16.5. The van der Waals surface area contributed by atoms with Crippen LogP contribution < -0.4 is 0 Å². The number of ether oxygens (including phenoxy) is 1. The number of hydrogen-bond acceptors (Lipinski definition) is 4. The van der Waals surface area contributed by atoms with Crippen LogP contribution in [0, 0.1) is 12.8 Å². The summed E-state index contributed by atoms with van der Waals surface area (Å²) in [5, 5.41) is 1.06. The van der Waals surface area contributed by atoms with Crippen LogP contribution in [0.2, 0.25) is 0 Å². The van der Waals surface area contributed by atoms with Gasteiger partial charge in [-0.25, -0.2) is 9.97 Å². The maximum absolute atomic E-state index is 12.9. The van der Waals surface area contributed by atoms with Crippen LogP contribution in [0.3, 0.4) is 0 Å². The van der Waals surface area contributed by atoms with Crippen LogP contribution >= 0.6 is 0 Å². The highest BCUT2D eigenvalue weighted by atomic mass is 16.5. The molecule has 146 valence electrons. The summed E-state index contributed by atoms with van der Waals surface area (Å²) in [6.45, 7) is 5.08. The molecule has 0 unspecified atom stereocenters. The van der Waals surface area contributed by atoms with Crippen LogP contribution in [0.25, 0.3) is 10.9 Å². The lowest BCUT2D eigenvalue weighted by Gasteiger charge is -2.32. The number of carbonyl (C=O) groups is 1. The number of carbonyl (C=O) groups excluding carboxylic acids is 1. The number of likely N-dealkylation sites (tertiary alicyclic amines) is 1. The van der Waals surface area contributed by atoms with Crippen LogP contribution in [0.4, 0.5) is 0 Å². The van der Waals surface area contributed by atoms with Crippen molar-refractivity contribution >= 4 is 16.8 Å². The van der Waals surface area contributed by atoms with Crippen molar-refractivity contribution in [3.63, 3.8) is 0 Å². The summed E-state index contributed by atoms with van der Waals surface area (Å²) in [5.41, 5.74) is 2.56. The summed E-state index contributed by atoms with van der Waals surface area (Å²) in [6, 6.07) is 11.7. The van der Waals surface area contributed by atoms with Crippen LogP contribution in [-0.4, -0.2) is 45.5 Å². The molecule has 4 rings (SSSR count). The largest absolute Gasteiger partial charge is 0.377 e. The van der Waals surface area contributed by atoms with Gasteiger partial charge in [0.05, 0.1) is 5.52 Å². The number of imidazole rings is 1. The monoisotopic (exact) mass is 378 g/mol. The molecule has 3 heterocycles. The summed E-state index contributed by atoms with van der Waals surface area (Å²) in [6.07, 6.45) is 3.88. The average Bonchev–Trinajstić information content (AvgIpc) is 3.07. The summed E-state index contributed by atoms with van der Waals surface area (Å²) in [7, 11) is 1.69. The molecule has 1 aromatic carbocycles. The van der Waals surface area contributed by atoms with Gasteiger partial charge in [-0.05, 0) is 37.8 Å². The van der Waals surface area contributed by atoms with Gasteiger partial charge in [-0.1, -0.05) is 24.3 Å². The standard InChI is InChI=1S/C22H26N4O2/c1-16-13-23-21(15-28-2)26(16)14-17-9-11-25(12-10-17)22(27)20-8-7-18-5-3-4-6-19(18)24-20/h3-8,13,17H,9-12,14-15H2,1-2H3. The number of nitrogens with zero attached hydrogens (tertiary/aromatic N) is 4. The summed E-state index contributed by atoms with van der Waals surface area (Å²) >= 11 is 0. The predicted octanol–water partition coefficient (Wildman–Crippen LogP) is 3.44. The highest BCUT2D eigenvalue weighted by Crippen LogP contribution is 2.23. The molecule has 1 aliphatic heterocycles. The molecule has 6 heteroatoms. The molecular weight excluding hydrogens is 352 g/mol. The van der Waals surface area contributed by atoms with Gasteiger partial charge in [0.2, 0.25) is 0 Å². The maximum atomic E-state index is 12.9. The van der Waals surface area contributed by atoms with Crippen molar-refractivity contribution in [2.75, 3.05) is 20.2 Å². The second-order valence-corrected chi connectivity index (χ2v) is 7.48. The van der Waals surface area contributed by atoms with E-state index in [-0.39, 0.29) is 5.91 Å². The van der Waals surface area contributed by atoms with Gasteiger partial charge in [-0.15, -0.1) is 0 Å². The molecule has 0 bridgehead atoms. The van der Waals surface area contributed by atoms with E-state index in [1.807, 2.05) is 47.5 Å². The molecule has 0 atom stereocenters. The fourth-order valence-electron chi connectivity index (χ4n) is 3.93. The van der Waals surface area contributed by atoms with Gasteiger partial charge in [0.1, 0.15) is 18.1 Å². The Bertz CT molecular complexity index is 974. The highest BCUT2D eigenvalue weighted by molar-refractivity contribution is 5.94. The molecule has 2 aromatic heterocycles. The zero-order chi connectivity index (χ0) is 19.5. The number of rotatable bonds is 5. The minimum Gasteiger partial charge on any atom is -0.377 e. The first-order valence-electron chi connectivity index (χ1n) is 9.80. The van der Waals surface area contributed by atoms with Gasteiger partial charge in [-0.2, -0.15) is 0 Å². The predicted molar refractivity (Wildman–Crippen MR) is 108 cm³/mol. The third kappa shape index (κ3) is 3.78. The number of methoxy groups -OCH3 is 1. The van der Waals surface area contributed by atoms with Crippen molar-refractivity contribution < 1.29 is 9.53 Å². The lowest BCUT2D eigenvalue weighted by Crippen LogP contribution is -2.39. The second-order valence-electron chi connectivity index (χ2n) is 7.48. The van der Waals surface area contributed by atoms with E-state index < -0.39 is 0 Å². The number of pyridine rings is 1. The Labute approximate surface area is 165 Å². The first-order chi connectivity index (χ1) is 13.7. The van der Waals surface area contributed by atoms with Crippen molar-refractivity contribution in [3.05, 3.63) is 59.8 Å². The smallest absolute Gasteiger partial charge is 0.272 e. The second kappa shape index (κ2) is 8.10. The third-order valence-corrected chi connectivity index (χ3v) is 5.57. The third-order valence-electron chi connectivity index (χ3n) is 5.57. The average molecular weight is 378 g/mol. The van der Waals surface area contributed by atoms with Gasteiger partial charge < -0.3 is 14.2 Å². The maximum Gasteiger partial charge on any atom is 0.272 e. The molecule has 0 radical (unpaired) electrons. The van der Waals surface area contributed by atoms with E-state index in [2.05, 4.69) is 21.5 Å². The number of piperidine rings is 1. The molecule has 1 saturated heterocycles. The number of fused-ring (bicyclic) bond motifs is 1. The van der Waals surface area contributed by atoms with E-state index in [1.54, 1.807) is 7.11 Å². The Hall–Kier alpha value is -2.73. The van der Waals surface area contributed by atoms with Crippen LogP contribution in [-0.2, 0) is 17.9 Å². The number of benzene rings is 1. The molecule has 3 aromatic rings. The van der Waals surface area contributed by atoms with E-state index in [4.69, 9.17) is 4.74 Å². The fourth-order valence-corrected chi connectivity index (χ4v) is 3.93. The van der Waals surface area contributed by atoms with Crippen molar-refractivity contribution in [2.45, 2.75) is 32.9 Å². The number of hydrogen-bond donors (Lipinski definition) is 0. The number of aromatic nitrogens is 3. The van der Waals surface area contributed by atoms with Crippen molar-refractivity contribution in [1.29, 1.82) is 0 Å². The Kier molecular flexibility index (Phi) is 5.39. The number of aryl methyl sites for hydroxylation is 1. The topological polar surface area (TPSA) is 60.2 Å². The number of amides is 1. The quantitative estimate of drug-likeness (QED) is 0.682. The Morgan fingerprint density at radius 3 is 2.75 bits per heavy atom. The van der Waals surface area contributed by atoms with Crippen LogP contribution in [0.5, 0.6) is 0 Å². The van der Waals surface area contributed by atoms with Gasteiger partial charge in [0.15, 0.2) is 0 Å². The number of para-hydroxylation sites is 1. The van der Waals surface area contributed by atoms with E-state index in [0.717, 1.165) is 54.9 Å². The van der Waals surface area contributed by atoms with E-state index in [9.17, 15) is 4.79 Å². The first-order valence-corrected chi connectivity index (χ1v) is 9.80. The molecule has 6 nitrogen and oxygen atoms in total. The van der Waals surface area contributed by atoms with Crippen LogP contribution in [0.15, 0.2) is 42.6 Å².